The van der Waals surface area contributed by atoms with Gasteiger partial charge < -0.3 is 15.4 Å². The normalized spacial score (nSPS) is 11.1. The fourth-order valence-electron chi connectivity index (χ4n) is 1.85. The molecule has 2 aromatic rings. The topological polar surface area (TPSA) is 85.2 Å². The predicted molar refractivity (Wildman–Crippen MR) is 100 cm³/mol. The van der Waals surface area contributed by atoms with Gasteiger partial charge in [-0.05, 0) is 38.5 Å². The third kappa shape index (κ3) is 5.93. The van der Waals surface area contributed by atoms with Crippen molar-refractivity contribution < 1.29 is 14.3 Å². The molecule has 9 heteroatoms. The first-order valence-electron chi connectivity index (χ1n) is 7.83. The van der Waals surface area contributed by atoms with Gasteiger partial charge in [0.1, 0.15) is 0 Å². The zero-order chi connectivity index (χ0) is 19.3. The number of benzene rings is 1. The van der Waals surface area contributed by atoms with Crippen LogP contribution >= 0.6 is 23.2 Å². The third-order valence-electron chi connectivity index (χ3n) is 3.27. The number of ether oxygens (including phenoxy) is 1. The van der Waals surface area contributed by atoms with Gasteiger partial charge in [-0.15, -0.1) is 0 Å². The van der Waals surface area contributed by atoms with Crippen molar-refractivity contribution in [1.82, 2.24) is 15.1 Å². The Labute approximate surface area is 161 Å². The second-order valence-electron chi connectivity index (χ2n) is 6.64. The number of nitrogens with zero attached hydrogens (tertiary/aromatic N) is 2. The average Bonchev–Trinajstić information content (AvgIpc) is 3.00. The summed E-state index contributed by atoms with van der Waals surface area (Å²) in [5.41, 5.74) is 0.710. The Kier molecular flexibility index (Phi) is 6.50. The van der Waals surface area contributed by atoms with Gasteiger partial charge in [0.05, 0.1) is 33.5 Å². The number of esters is 1. The molecule has 0 fully saturated rings. The molecule has 0 radical (unpaired) electrons. The monoisotopic (exact) mass is 398 g/mol. The number of carbonyl (C=O) groups is 2. The van der Waals surface area contributed by atoms with Crippen LogP contribution in [0.5, 0.6) is 0 Å². The highest BCUT2D eigenvalue weighted by Gasteiger charge is 2.23. The molecule has 26 heavy (non-hydrogen) atoms. The van der Waals surface area contributed by atoms with E-state index in [2.05, 4.69) is 15.7 Å². The Morgan fingerprint density at radius 2 is 1.96 bits per heavy atom. The molecule has 0 aliphatic rings. The molecule has 0 saturated heterocycles. The first kappa shape index (κ1) is 20.1. The molecule has 1 aromatic carbocycles. The Balaban J connectivity index is 1.81. The van der Waals surface area contributed by atoms with Gasteiger partial charge in [-0.1, -0.05) is 29.3 Å². The number of halogens is 2. The molecule has 140 valence electrons. The summed E-state index contributed by atoms with van der Waals surface area (Å²) in [5.74, 6) is -0.332. The molecule has 2 rings (SSSR count). The standard InChI is InChI=1S/C17H20Cl2N4O3/c1-17(2,3)15(24)26-10-23-9-12(8-21-23)22-16(25)20-7-11-4-5-13(18)14(19)6-11/h4-6,8-9H,7,10H2,1-3H3,(H2,20,22,25). The molecule has 2 N–H and O–H groups in total. The summed E-state index contributed by atoms with van der Waals surface area (Å²) >= 11 is 11.8. The van der Waals surface area contributed by atoms with E-state index in [1.54, 1.807) is 45.2 Å². The SMILES string of the molecule is CC(C)(C)C(=O)OCn1cc(NC(=O)NCc2ccc(Cl)c(Cl)c2)cn1. The van der Waals surface area contributed by atoms with Crippen LogP contribution in [0, 0.1) is 5.41 Å². The van der Waals surface area contributed by atoms with Gasteiger partial charge in [0.2, 0.25) is 0 Å². The van der Waals surface area contributed by atoms with E-state index in [0.717, 1.165) is 5.56 Å². The second kappa shape index (κ2) is 8.42. The number of carbonyl (C=O) groups excluding carboxylic acids is 2. The summed E-state index contributed by atoms with van der Waals surface area (Å²) in [4.78, 5) is 23.7. The van der Waals surface area contributed by atoms with Gasteiger partial charge in [0, 0.05) is 6.54 Å². The summed E-state index contributed by atoms with van der Waals surface area (Å²) in [6, 6.07) is 4.73. The first-order valence-corrected chi connectivity index (χ1v) is 8.59. The number of rotatable bonds is 5. The molecule has 1 heterocycles. The highest BCUT2D eigenvalue weighted by atomic mass is 35.5. The van der Waals surface area contributed by atoms with E-state index in [9.17, 15) is 9.59 Å². The summed E-state index contributed by atoms with van der Waals surface area (Å²) in [6.07, 6.45) is 3.03. The van der Waals surface area contributed by atoms with Crippen molar-refractivity contribution in [3.05, 3.63) is 46.2 Å². The minimum atomic E-state index is -0.585. The quantitative estimate of drug-likeness (QED) is 0.743. The van der Waals surface area contributed by atoms with E-state index in [0.29, 0.717) is 22.3 Å². The zero-order valence-electron chi connectivity index (χ0n) is 14.7. The molecule has 0 saturated carbocycles. The van der Waals surface area contributed by atoms with Crippen LogP contribution < -0.4 is 10.6 Å². The van der Waals surface area contributed by atoms with E-state index >= 15 is 0 Å². The number of nitrogens with one attached hydrogen (secondary N) is 2. The summed E-state index contributed by atoms with van der Waals surface area (Å²) in [5, 5.41) is 10.3. The zero-order valence-corrected chi connectivity index (χ0v) is 16.2. The van der Waals surface area contributed by atoms with E-state index < -0.39 is 11.4 Å². The van der Waals surface area contributed by atoms with Crippen LogP contribution in [0.25, 0.3) is 0 Å². The van der Waals surface area contributed by atoms with Crippen molar-refractivity contribution >= 4 is 40.9 Å². The largest absolute Gasteiger partial charge is 0.442 e. The van der Waals surface area contributed by atoms with Crippen LogP contribution in [0.15, 0.2) is 30.6 Å². The van der Waals surface area contributed by atoms with Crippen LogP contribution in [0.1, 0.15) is 26.3 Å². The molecule has 2 amide bonds. The smallest absolute Gasteiger partial charge is 0.319 e. The Hall–Kier alpha value is -2.25. The lowest BCUT2D eigenvalue weighted by Gasteiger charge is -2.16. The maximum absolute atomic E-state index is 11.9. The molecule has 0 spiro atoms. The second-order valence-corrected chi connectivity index (χ2v) is 7.45. The van der Waals surface area contributed by atoms with Crippen molar-refractivity contribution in [1.29, 1.82) is 0 Å². The van der Waals surface area contributed by atoms with Crippen LogP contribution in [-0.4, -0.2) is 21.8 Å². The highest BCUT2D eigenvalue weighted by Crippen LogP contribution is 2.22. The van der Waals surface area contributed by atoms with Gasteiger partial charge >= 0.3 is 12.0 Å². The van der Waals surface area contributed by atoms with Gasteiger partial charge in [-0.2, -0.15) is 5.10 Å². The van der Waals surface area contributed by atoms with Crippen molar-refractivity contribution in [3.63, 3.8) is 0 Å². The van der Waals surface area contributed by atoms with Gasteiger partial charge in [-0.3, -0.25) is 4.79 Å². The predicted octanol–water partition coefficient (Wildman–Crippen LogP) is 4.06. The number of amides is 2. The first-order chi connectivity index (χ1) is 12.1. The molecular weight excluding hydrogens is 379 g/mol. The fourth-order valence-corrected chi connectivity index (χ4v) is 2.17. The van der Waals surface area contributed by atoms with E-state index in [1.807, 2.05) is 0 Å². The summed E-state index contributed by atoms with van der Waals surface area (Å²) < 4.78 is 6.56. The number of hydrogen-bond donors (Lipinski definition) is 2. The molecule has 0 atom stereocenters. The number of anilines is 1. The maximum atomic E-state index is 11.9. The van der Waals surface area contributed by atoms with Crippen molar-refractivity contribution in [2.45, 2.75) is 34.0 Å². The van der Waals surface area contributed by atoms with Gasteiger partial charge in [0.15, 0.2) is 6.73 Å². The minimum Gasteiger partial charge on any atom is -0.442 e. The van der Waals surface area contributed by atoms with Crippen LogP contribution in [0.2, 0.25) is 10.0 Å². The molecule has 0 aliphatic heterocycles. The van der Waals surface area contributed by atoms with E-state index in [4.69, 9.17) is 27.9 Å². The third-order valence-corrected chi connectivity index (χ3v) is 4.01. The van der Waals surface area contributed by atoms with Crippen LogP contribution in [0.3, 0.4) is 0 Å². The summed E-state index contributed by atoms with van der Waals surface area (Å²) in [7, 11) is 0. The van der Waals surface area contributed by atoms with Crippen molar-refractivity contribution in [3.8, 4) is 0 Å². The lowest BCUT2D eigenvalue weighted by Crippen LogP contribution is -2.28. The summed E-state index contributed by atoms with van der Waals surface area (Å²) in [6.45, 7) is 5.57. The van der Waals surface area contributed by atoms with Crippen molar-refractivity contribution in [2.24, 2.45) is 5.41 Å². The number of aromatic nitrogens is 2. The van der Waals surface area contributed by atoms with Crippen molar-refractivity contribution in [2.75, 3.05) is 5.32 Å². The van der Waals surface area contributed by atoms with Gasteiger partial charge in [0.25, 0.3) is 0 Å². The lowest BCUT2D eigenvalue weighted by atomic mass is 9.98. The average molecular weight is 399 g/mol. The fraction of sp³-hybridized carbons (Fsp3) is 0.353. The van der Waals surface area contributed by atoms with Crippen LogP contribution in [-0.2, 0) is 22.8 Å². The van der Waals surface area contributed by atoms with Crippen LogP contribution in [0.4, 0.5) is 10.5 Å². The highest BCUT2D eigenvalue weighted by molar-refractivity contribution is 6.42. The van der Waals surface area contributed by atoms with E-state index in [-0.39, 0.29) is 12.7 Å². The van der Waals surface area contributed by atoms with Gasteiger partial charge in [-0.25, -0.2) is 9.48 Å². The Morgan fingerprint density at radius 1 is 1.23 bits per heavy atom. The Morgan fingerprint density at radius 3 is 2.62 bits per heavy atom. The molecule has 0 aliphatic carbocycles. The number of urea groups is 1. The minimum absolute atomic E-state index is 0.0251. The molecule has 1 aromatic heterocycles. The molecule has 0 unspecified atom stereocenters. The lowest BCUT2D eigenvalue weighted by molar-refractivity contribution is -0.157. The molecule has 0 bridgehead atoms. The molecular formula is C17H20Cl2N4O3. The van der Waals surface area contributed by atoms with E-state index in [1.165, 1.54) is 10.9 Å². The maximum Gasteiger partial charge on any atom is 0.319 e. The molecule has 7 nitrogen and oxygen atoms in total. The Bertz CT molecular complexity index is 800. The number of hydrogen-bond acceptors (Lipinski definition) is 4.